The van der Waals surface area contributed by atoms with E-state index in [-0.39, 0.29) is 0 Å². The summed E-state index contributed by atoms with van der Waals surface area (Å²) in [6.45, 7) is 5.45. The maximum atomic E-state index is 3.67. The fraction of sp³-hybridized carbons (Fsp3) is 0.294. The van der Waals surface area contributed by atoms with Crippen molar-refractivity contribution in [2.45, 2.75) is 32.4 Å². The van der Waals surface area contributed by atoms with Gasteiger partial charge in [0.2, 0.25) is 0 Å². The molecule has 1 aliphatic heterocycles. The predicted octanol–water partition coefficient (Wildman–Crippen LogP) is 3.94. The van der Waals surface area contributed by atoms with Gasteiger partial charge >= 0.3 is 0 Å². The van der Waals surface area contributed by atoms with Gasteiger partial charge in [-0.25, -0.2) is 0 Å². The van der Waals surface area contributed by atoms with Crippen molar-refractivity contribution in [3.05, 3.63) is 70.8 Å². The van der Waals surface area contributed by atoms with Crippen molar-refractivity contribution in [1.29, 1.82) is 0 Å². The molecule has 3 rings (SSSR count). The van der Waals surface area contributed by atoms with Gasteiger partial charge in [-0.05, 0) is 23.6 Å². The molecule has 0 saturated heterocycles. The number of hydrogen-bond acceptors (Lipinski definition) is 1. The summed E-state index contributed by atoms with van der Waals surface area (Å²) >= 11 is 0. The Hall–Kier alpha value is -1.60. The van der Waals surface area contributed by atoms with Crippen LogP contribution in [-0.2, 0) is 6.54 Å². The summed E-state index contributed by atoms with van der Waals surface area (Å²) in [6.07, 6.45) is 0. The van der Waals surface area contributed by atoms with Gasteiger partial charge < -0.3 is 5.32 Å². The zero-order valence-corrected chi connectivity index (χ0v) is 11.0. The van der Waals surface area contributed by atoms with Gasteiger partial charge in [-0.15, -0.1) is 0 Å². The Labute approximate surface area is 109 Å². The van der Waals surface area contributed by atoms with Gasteiger partial charge in [0.1, 0.15) is 0 Å². The average Bonchev–Trinajstić information content (AvgIpc) is 2.40. The lowest BCUT2D eigenvalue weighted by atomic mass is 9.82. The van der Waals surface area contributed by atoms with Crippen LogP contribution in [0.1, 0.15) is 41.1 Å². The second kappa shape index (κ2) is 4.58. The molecule has 92 valence electrons. The lowest BCUT2D eigenvalue weighted by Gasteiger charge is -2.33. The highest BCUT2D eigenvalue weighted by molar-refractivity contribution is 5.38. The van der Waals surface area contributed by atoms with Crippen LogP contribution in [0.3, 0.4) is 0 Å². The highest BCUT2D eigenvalue weighted by atomic mass is 14.9. The van der Waals surface area contributed by atoms with E-state index in [1.54, 1.807) is 0 Å². The lowest BCUT2D eigenvalue weighted by molar-refractivity contribution is 0.434. The Balaban J connectivity index is 1.97. The van der Waals surface area contributed by atoms with Crippen LogP contribution in [0.5, 0.6) is 0 Å². The Kier molecular flexibility index (Phi) is 2.92. The molecule has 0 radical (unpaired) electrons. The van der Waals surface area contributed by atoms with Gasteiger partial charge in [0.15, 0.2) is 0 Å². The summed E-state index contributed by atoms with van der Waals surface area (Å²) in [5.74, 6) is 0.525. The Bertz CT molecular complexity index is 545. The smallest absolute Gasteiger partial charge is 0.0389 e. The van der Waals surface area contributed by atoms with E-state index in [2.05, 4.69) is 67.7 Å². The molecule has 2 aromatic rings. The topological polar surface area (TPSA) is 12.0 Å². The van der Waals surface area contributed by atoms with E-state index >= 15 is 0 Å². The first kappa shape index (κ1) is 11.5. The zero-order valence-electron chi connectivity index (χ0n) is 11.0. The second-order valence-corrected chi connectivity index (χ2v) is 5.26. The van der Waals surface area contributed by atoms with Crippen LogP contribution in [0, 0.1) is 6.92 Å². The fourth-order valence-corrected chi connectivity index (χ4v) is 2.97. The zero-order chi connectivity index (χ0) is 12.5. The third-order valence-corrected chi connectivity index (χ3v) is 3.96. The number of aryl methyl sites for hydroxylation is 1. The molecule has 1 heterocycles. The monoisotopic (exact) mass is 237 g/mol. The Morgan fingerprint density at radius 3 is 2.61 bits per heavy atom. The summed E-state index contributed by atoms with van der Waals surface area (Å²) in [5.41, 5.74) is 5.68. The molecular weight excluding hydrogens is 218 g/mol. The van der Waals surface area contributed by atoms with Crippen LogP contribution in [0.15, 0.2) is 48.5 Å². The minimum absolute atomic E-state index is 0.432. The van der Waals surface area contributed by atoms with E-state index in [1.165, 1.54) is 22.3 Å². The minimum Gasteiger partial charge on any atom is -0.305 e. The van der Waals surface area contributed by atoms with Crippen molar-refractivity contribution < 1.29 is 0 Å². The fourth-order valence-electron chi connectivity index (χ4n) is 2.97. The van der Waals surface area contributed by atoms with E-state index in [0.29, 0.717) is 12.0 Å². The molecule has 0 spiro atoms. The van der Waals surface area contributed by atoms with E-state index < -0.39 is 0 Å². The molecule has 2 unspecified atom stereocenters. The molecule has 0 aromatic heterocycles. The number of hydrogen-bond donors (Lipinski definition) is 1. The van der Waals surface area contributed by atoms with Crippen molar-refractivity contribution in [1.82, 2.24) is 5.32 Å². The number of fused-ring (bicyclic) bond motifs is 1. The predicted molar refractivity (Wildman–Crippen MR) is 75.6 cm³/mol. The summed E-state index contributed by atoms with van der Waals surface area (Å²) in [4.78, 5) is 0. The molecule has 2 atom stereocenters. The first-order chi connectivity index (χ1) is 8.75. The van der Waals surface area contributed by atoms with Gasteiger partial charge in [-0.2, -0.15) is 0 Å². The van der Waals surface area contributed by atoms with Crippen LogP contribution in [0.2, 0.25) is 0 Å². The van der Waals surface area contributed by atoms with Crippen LogP contribution < -0.4 is 5.32 Å². The molecule has 1 aliphatic rings. The number of nitrogens with one attached hydrogen (secondary N) is 1. The van der Waals surface area contributed by atoms with Gasteiger partial charge in [-0.1, -0.05) is 61.0 Å². The summed E-state index contributed by atoms with van der Waals surface area (Å²) in [6, 6.07) is 18.0. The molecule has 2 aromatic carbocycles. The molecule has 0 aliphatic carbocycles. The van der Waals surface area contributed by atoms with Crippen molar-refractivity contribution >= 4 is 0 Å². The first-order valence-electron chi connectivity index (χ1n) is 6.63. The van der Waals surface area contributed by atoms with Gasteiger partial charge in [0.05, 0.1) is 0 Å². The molecule has 1 nitrogen and oxygen atoms in total. The SMILES string of the molecule is Cc1ccc2c(c1)CNC(c1ccccc1)C2C. The highest BCUT2D eigenvalue weighted by Gasteiger charge is 2.26. The van der Waals surface area contributed by atoms with Gasteiger partial charge in [0.25, 0.3) is 0 Å². The molecule has 18 heavy (non-hydrogen) atoms. The maximum Gasteiger partial charge on any atom is 0.0389 e. The van der Waals surface area contributed by atoms with Crippen molar-refractivity contribution in [3.63, 3.8) is 0 Å². The van der Waals surface area contributed by atoms with Crippen molar-refractivity contribution in [2.24, 2.45) is 0 Å². The van der Waals surface area contributed by atoms with Crippen molar-refractivity contribution in [2.75, 3.05) is 0 Å². The number of rotatable bonds is 1. The third kappa shape index (κ3) is 1.95. The first-order valence-corrected chi connectivity index (χ1v) is 6.63. The normalized spacial score (nSPS) is 22.6. The molecule has 0 fully saturated rings. The largest absolute Gasteiger partial charge is 0.305 e. The molecule has 1 N–H and O–H groups in total. The number of benzene rings is 2. The van der Waals surface area contributed by atoms with E-state index in [1.807, 2.05) is 0 Å². The van der Waals surface area contributed by atoms with Gasteiger partial charge in [0, 0.05) is 18.5 Å². The molecule has 0 bridgehead atoms. The summed E-state index contributed by atoms with van der Waals surface area (Å²) < 4.78 is 0. The Morgan fingerprint density at radius 2 is 1.83 bits per heavy atom. The van der Waals surface area contributed by atoms with Crippen molar-refractivity contribution in [3.8, 4) is 0 Å². The van der Waals surface area contributed by atoms with Gasteiger partial charge in [-0.3, -0.25) is 0 Å². The van der Waals surface area contributed by atoms with E-state index in [4.69, 9.17) is 0 Å². The van der Waals surface area contributed by atoms with Crippen LogP contribution >= 0.6 is 0 Å². The molecule has 1 heteroatoms. The average molecular weight is 237 g/mol. The third-order valence-electron chi connectivity index (χ3n) is 3.96. The Morgan fingerprint density at radius 1 is 1.06 bits per heavy atom. The lowest BCUT2D eigenvalue weighted by Crippen LogP contribution is -2.31. The standard InChI is InChI=1S/C17H19N/c1-12-8-9-16-13(2)17(18-11-15(16)10-12)14-6-4-3-5-7-14/h3-10,13,17-18H,11H2,1-2H3. The molecular formula is C17H19N. The second-order valence-electron chi connectivity index (χ2n) is 5.26. The minimum atomic E-state index is 0.432. The summed E-state index contributed by atoms with van der Waals surface area (Å²) in [5, 5.41) is 3.67. The van der Waals surface area contributed by atoms with E-state index in [0.717, 1.165) is 6.54 Å². The van der Waals surface area contributed by atoms with Crippen LogP contribution in [0.4, 0.5) is 0 Å². The maximum absolute atomic E-state index is 3.67. The highest BCUT2D eigenvalue weighted by Crippen LogP contribution is 2.36. The molecule has 0 amide bonds. The molecule has 0 saturated carbocycles. The summed E-state index contributed by atoms with van der Waals surface area (Å²) in [7, 11) is 0. The van der Waals surface area contributed by atoms with Crippen LogP contribution in [0.25, 0.3) is 0 Å². The van der Waals surface area contributed by atoms with Crippen LogP contribution in [-0.4, -0.2) is 0 Å². The quantitative estimate of drug-likeness (QED) is 0.792. The van der Waals surface area contributed by atoms with E-state index in [9.17, 15) is 0 Å².